The maximum Gasteiger partial charge on any atom is 0.193 e. The lowest BCUT2D eigenvalue weighted by Gasteiger charge is -2.06. The van der Waals surface area contributed by atoms with E-state index >= 15 is 0 Å². The normalized spacial score (nSPS) is 11.2. The van der Waals surface area contributed by atoms with Crippen molar-refractivity contribution in [2.24, 2.45) is 0 Å². The molecule has 0 bridgehead atoms. The van der Waals surface area contributed by atoms with Crippen LogP contribution in [0, 0.1) is 0 Å². The van der Waals surface area contributed by atoms with Gasteiger partial charge in [0.1, 0.15) is 5.75 Å². The summed E-state index contributed by atoms with van der Waals surface area (Å²) in [5, 5.41) is 10.8. The molecule has 0 fully saturated rings. The first kappa shape index (κ1) is 22.7. The number of ether oxygens (including phenoxy) is 1. The molecule has 0 unspecified atom stereocenters. The Labute approximate surface area is 193 Å². The molecule has 4 aromatic rings. The van der Waals surface area contributed by atoms with Gasteiger partial charge >= 0.3 is 0 Å². The van der Waals surface area contributed by atoms with E-state index in [1.54, 1.807) is 24.3 Å². The number of fused-ring (bicyclic) bond motifs is 3. The third kappa shape index (κ3) is 4.55. The van der Waals surface area contributed by atoms with Crippen molar-refractivity contribution in [1.29, 1.82) is 0 Å². The number of ketones is 2. The Bertz CT molecular complexity index is 1300. The molecule has 5 heteroatoms. The van der Waals surface area contributed by atoms with Gasteiger partial charge < -0.3 is 14.4 Å². The Hall–Kier alpha value is -3.44. The molecule has 0 aliphatic heterocycles. The first-order chi connectivity index (χ1) is 16.1. The van der Waals surface area contributed by atoms with Crippen molar-refractivity contribution in [3.05, 3.63) is 77.4 Å². The largest absolute Gasteiger partial charge is 0.468 e. The van der Waals surface area contributed by atoms with Crippen LogP contribution in [0.2, 0.25) is 0 Å². The Kier molecular flexibility index (Phi) is 6.90. The van der Waals surface area contributed by atoms with Gasteiger partial charge in [-0.25, -0.2) is 0 Å². The quantitative estimate of drug-likeness (QED) is 0.182. The summed E-state index contributed by atoms with van der Waals surface area (Å²) < 4.78 is 7.26. The molecule has 0 aliphatic carbocycles. The fourth-order valence-corrected chi connectivity index (χ4v) is 4.38. The lowest BCUT2D eigenvalue weighted by atomic mass is 9.99. The van der Waals surface area contributed by atoms with Gasteiger partial charge in [0.2, 0.25) is 0 Å². The summed E-state index contributed by atoms with van der Waals surface area (Å²) in [5.41, 5.74) is 3.97. The van der Waals surface area contributed by atoms with Gasteiger partial charge in [-0.3, -0.25) is 9.59 Å². The number of aryl methyl sites for hydroxylation is 1. The number of Topliss-reactive ketones (excluding diaryl/α,β-unsaturated/α-hetero) is 1. The summed E-state index contributed by atoms with van der Waals surface area (Å²) in [6, 6.07) is 18.4. The number of aliphatic hydroxyl groups is 1. The van der Waals surface area contributed by atoms with E-state index in [9.17, 15) is 9.59 Å². The zero-order valence-electron chi connectivity index (χ0n) is 19.1. The van der Waals surface area contributed by atoms with E-state index in [1.807, 2.05) is 36.4 Å². The number of unbranched alkanes of at least 4 members (excludes halogenated alkanes) is 2. The zero-order valence-corrected chi connectivity index (χ0v) is 19.1. The molecule has 5 nitrogen and oxygen atoms in total. The van der Waals surface area contributed by atoms with E-state index < -0.39 is 6.79 Å². The van der Waals surface area contributed by atoms with Crippen LogP contribution < -0.4 is 4.74 Å². The molecule has 33 heavy (non-hydrogen) atoms. The minimum atomic E-state index is -0.408. The van der Waals surface area contributed by atoms with E-state index in [0.717, 1.165) is 53.2 Å². The summed E-state index contributed by atoms with van der Waals surface area (Å²) in [4.78, 5) is 25.9. The fraction of sp³-hybridized carbons (Fsp3) is 0.286. The van der Waals surface area contributed by atoms with Crippen molar-refractivity contribution in [2.45, 2.75) is 46.1 Å². The van der Waals surface area contributed by atoms with Crippen LogP contribution >= 0.6 is 0 Å². The van der Waals surface area contributed by atoms with E-state index in [1.165, 1.54) is 0 Å². The minimum Gasteiger partial charge on any atom is -0.468 e. The number of hydrogen-bond donors (Lipinski definition) is 1. The van der Waals surface area contributed by atoms with Crippen molar-refractivity contribution >= 4 is 33.4 Å². The third-order valence-corrected chi connectivity index (χ3v) is 6.12. The molecule has 0 amide bonds. The zero-order chi connectivity index (χ0) is 23.4. The topological polar surface area (TPSA) is 68.5 Å². The van der Waals surface area contributed by atoms with E-state index in [-0.39, 0.29) is 11.6 Å². The highest BCUT2D eigenvalue weighted by Gasteiger charge is 2.16. The number of carbonyl (C=O) groups is 2. The van der Waals surface area contributed by atoms with Crippen LogP contribution in [0.25, 0.3) is 21.8 Å². The smallest absolute Gasteiger partial charge is 0.193 e. The van der Waals surface area contributed by atoms with Crippen LogP contribution in [0.15, 0.2) is 60.7 Å². The molecule has 0 spiro atoms. The van der Waals surface area contributed by atoms with Crippen molar-refractivity contribution in [3.8, 4) is 5.75 Å². The lowest BCUT2D eigenvalue weighted by Crippen LogP contribution is -2.02. The van der Waals surface area contributed by atoms with E-state index in [4.69, 9.17) is 9.84 Å². The highest BCUT2D eigenvalue weighted by atomic mass is 16.6. The summed E-state index contributed by atoms with van der Waals surface area (Å²) in [7, 11) is 0. The molecular weight excluding hydrogens is 414 g/mol. The Morgan fingerprint density at radius 3 is 2.03 bits per heavy atom. The number of aliphatic hydroxyl groups excluding tert-OH is 1. The van der Waals surface area contributed by atoms with Crippen LogP contribution in [0.3, 0.4) is 0 Å². The predicted molar refractivity (Wildman–Crippen MR) is 131 cm³/mol. The molecule has 1 aromatic heterocycles. The van der Waals surface area contributed by atoms with Crippen LogP contribution in [-0.2, 0) is 6.54 Å². The second-order valence-corrected chi connectivity index (χ2v) is 8.22. The molecule has 1 N–H and O–H groups in total. The van der Waals surface area contributed by atoms with Crippen molar-refractivity contribution in [1.82, 2.24) is 4.57 Å². The maximum atomic E-state index is 13.1. The first-order valence-corrected chi connectivity index (χ1v) is 11.5. The summed E-state index contributed by atoms with van der Waals surface area (Å²) in [6.07, 6.45) is 3.61. The molecule has 170 valence electrons. The Balaban J connectivity index is 1.74. The number of nitrogens with zero attached hydrogens (tertiary/aromatic N) is 1. The molecule has 0 radical (unpaired) electrons. The summed E-state index contributed by atoms with van der Waals surface area (Å²) >= 11 is 0. The molecule has 3 aromatic carbocycles. The number of rotatable bonds is 10. The second-order valence-electron chi connectivity index (χ2n) is 8.22. The van der Waals surface area contributed by atoms with Gasteiger partial charge in [0.05, 0.1) is 0 Å². The van der Waals surface area contributed by atoms with Crippen LogP contribution in [0.4, 0.5) is 0 Å². The van der Waals surface area contributed by atoms with Crippen molar-refractivity contribution in [2.75, 3.05) is 6.79 Å². The average Bonchev–Trinajstić information content (AvgIpc) is 3.16. The SMILES string of the molecule is CCCCCC(=O)c1ccc2c(c1)c1cc(C(=O)c3ccc(OCO)cc3)ccc1n2CC. The van der Waals surface area contributed by atoms with Gasteiger partial charge in [-0.2, -0.15) is 0 Å². The second kappa shape index (κ2) is 10.0. The van der Waals surface area contributed by atoms with Gasteiger partial charge in [0.25, 0.3) is 0 Å². The van der Waals surface area contributed by atoms with Crippen LogP contribution in [0.5, 0.6) is 5.75 Å². The van der Waals surface area contributed by atoms with Crippen molar-refractivity contribution < 1.29 is 19.4 Å². The summed E-state index contributed by atoms with van der Waals surface area (Å²) in [5.74, 6) is 0.587. The van der Waals surface area contributed by atoms with Gasteiger partial charge in [-0.05, 0) is 74.0 Å². The molecule has 0 saturated heterocycles. The molecule has 1 heterocycles. The standard InChI is InChI=1S/C28H29NO4/c1-3-5-6-7-27(31)20-10-14-25-23(16-20)24-17-21(11-15-26(24)29(25)4-2)28(32)19-8-12-22(13-9-19)33-18-30/h8-17,30H,3-7,18H2,1-2H3. The highest BCUT2D eigenvalue weighted by Crippen LogP contribution is 2.32. The molecule has 4 rings (SSSR count). The first-order valence-electron chi connectivity index (χ1n) is 11.5. The van der Waals surface area contributed by atoms with Crippen LogP contribution in [0.1, 0.15) is 65.8 Å². The molecule has 0 aliphatic rings. The summed E-state index contributed by atoms with van der Waals surface area (Å²) in [6.45, 7) is 4.61. The van der Waals surface area contributed by atoms with Crippen LogP contribution in [-0.4, -0.2) is 28.0 Å². The average molecular weight is 444 g/mol. The monoisotopic (exact) mass is 443 g/mol. The van der Waals surface area contributed by atoms with Crippen molar-refractivity contribution in [3.63, 3.8) is 0 Å². The molecule has 0 atom stereocenters. The molecular formula is C28H29NO4. The predicted octanol–water partition coefficient (Wildman–Crippen LogP) is 6.14. The Morgan fingerprint density at radius 1 is 0.818 bits per heavy atom. The van der Waals surface area contributed by atoms with Gasteiger partial charge in [-0.1, -0.05) is 19.8 Å². The number of carbonyl (C=O) groups excluding carboxylic acids is 2. The van der Waals surface area contributed by atoms with Gasteiger partial charge in [0.15, 0.2) is 18.4 Å². The number of benzene rings is 3. The minimum absolute atomic E-state index is 0.0864. The maximum absolute atomic E-state index is 13.1. The third-order valence-electron chi connectivity index (χ3n) is 6.12. The lowest BCUT2D eigenvalue weighted by molar-refractivity contribution is 0.0974. The van der Waals surface area contributed by atoms with Gasteiger partial charge in [-0.15, -0.1) is 0 Å². The van der Waals surface area contributed by atoms with Gasteiger partial charge in [0, 0.05) is 51.5 Å². The number of hydrogen-bond acceptors (Lipinski definition) is 4. The van der Waals surface area contributed by atoms with E-state index in [0.29, 0.717) is 23.3 Å². The Morgan fingerprint density at radius 2 is 1.42 bits per heavy atom. The fourth-order valence-electron chi connectivity index (χ4n) is 4.38. The highest BCUT2D eigenvalue weighted by molar-refractivity contribution is 6.15. The van der Waals surface area contributed by atoms with E-state index in [2.05, 4.69) is 18.4 Å². The number of aromatic nitrogens is 1. The molecule has 0 saturated carbocycles.